The number of hydrogen-bond acceptors (Lipinski definition) is 12. The Balaban J connectivity index is 1.12. The molecule has 3 aliphatic rings. The number of aromatic nitrogens is 1. The van der Waals surface area contributed by atoms with Crippen LogP contribution in [0.25, 0.3) is 0 Å². The Morgan fingerprint density at radius 1 is 0.615 bits per heavy atom. The molecule has 4 N–H and O–H groups in total. The minimum atomic E-state index is 0.237. The van der Waals surface area contributed by atoms with Crippen LogP contribution < -0.4 is 15.5 Å². The molecule has 0 spiro atoms. The fourth-order valence-electron chi connectivity index (χ4n) is 5.55. The van der Waals surface area contributed by atoms with Crippen molar-refractivity contribution in [3.05, 3.63) is 12.3 Å². The summed E-state index contributed by atoms with van der Waals surface area (Å²) in [5, 5.41) is 18.2. The van der Waals surface area contributed by atoms with E-state index in [9.17, 15) is 0 Å². The third-order valence-electron chi connectivity index (χ3n) is 8.03. The third-order valence-corrected chi connectivity index (χ3v) is 8.03. The lowest BCUT2D eigenvalue weighted by atomic mass is 10.2. The van der Waals surface area contributed by atoms with Gasteiger partial charge in [0.1, 0.15) is 0 Å². The quantitative estimate of drug-likeness (QED) is 0.209. The van der Waals surface area contributed by atoms with Crippen molar-refractivity contribution in [1.29, 1.82) is 0 Å². The van der Waals surface area contributed by atoms with Gasteiger partial charge >= 0.3 is 0 Å². The number of pyridine rings is 1. The number of fused-ring (bicyclic) bond motifs is 1. The summed E-state index contributed by atoms with van der Waals surface area (Å²) in [5.41, 5.74) is 7.86. The van der Waals surface area contributed by atoms with Crippen LogP contribution in [-0.4, -0.2) is 179 Å². The summed E-state index contributed by atoms with van der Waals surface area (Å²) in [6.45, 7) is 18.4. The Bertz CT molecular complexity index is 821. The largest absolute Gasteiger partial charge is 0.397 e. The summed E-state index contributed by atoms with van der Waals surface area (Å²) in [5.74, 6) is 0.972. The molecule has 0 atom stereocenters. The van der Waals surface area contributed by atoms with Crippen LogP contribution in [0.5, 0.6) is 0 Å². The molecule has 0 unspecified atom stereocenters. The van der Waals surface area contributed by atoms with Gasteiger partial charge in [-0.3, -0.25) is 19.6 Å². The maximum Gasteiger partial charge on any atom is 0.152 e. The molecule has 1 aromatic heterocycles. The van der Waals surface area contributed by atoms with Crippen LogP contribution in [0.3, 0.4) is 0 Å². The normalized spacial score (nSPS) is 20.1. The third kappa shape index (κ3) is 9.68. The maximum absolute atomic E-state index is 9.09. The van der Waals surface area contributed by atoms with Gasteiger partial charge in [0.05, 0.1) is 57.2 Å². The van der Waals surface area contributed by atoms with Gasteiger partial charge in [-0.25, -0.2) is 4.98 Å². The second kappa shape index (κ2) is 16.5. The summed E-state index contributed by atoms with van der Waals surface area (Å²) in [4.78, 5) is 18.8. The number of aliphatic hydroxyl groups excluding tert-OH is 2. The van der Waals surface area contributed by atoms with Crippen molar-refractivity contribution in [3.8, 4) is 0 Å². The minimum Gasteiger partial charge on any atom is -0.397 e. The first-order valence-corrected chi connectivity index (χ1v) is 14.7. The van der Waals surface area contributed by atoms with Gasteiger partial charge in [-0.15, -0.1) is 0 Å². The van der Waals surface area contributed by atoms with Gasteiger partial charge in [-0.2, -0.15) is 0 Å². The van der Waals surface area contributed by atoms with E-state index in [0.717, 1.165) is 129 Å². The molecule has 0 aliphatic carbocycles. The van der Waals surface area contributed by atoms with Crippen LogP contribution in [0.2, 0.25) is 0 Å². The van der Waals surface area contributed by atoms with E-state index in [4.69, 9.17) is 25.4 Å². The zero-order valence-corrected chi connectivity index (χ0v) is 23.6. The molecule has 4 heterocycles. The second-order valence-electron chi connectivity index (χ2n) is 10.6. The number of nitrogens with two attached hydrogens (primary N) is 1. The zero-order chi connectivity index (χ0) is 27.3. The molecular weight excluding hydrogens is 500 g/mol. The Morgan fingerprint density at radius 2 is 1.05 bits per heavy atom. The highest BCUT2D eigenvalue weighted by Gasteiger charge is 2.24. The van der Waals surface area contributed by atoms with Crippen molar-refractivity contribution in [2.24, 2.45) is 0 Å². The number of piperazine rings is 2. The van der Waals surface area contributed by atoms with E-state index in [1.165, 1.54) is 0 Å². The van der Waals surface area contributed by atoms with Gasteiger partial charge in [0.2, 0.25) is 0 Å². The zero-order valence-electron chi connectivity index (χ0n) is 23.6. The summed E-state index contributed by atoms with van der Waals surface area (Å²) < 4.78 is 12.0. The van der Waals surface area contributed by atoms with E-state index in [1.54, 1.807) is 6.20 Å². The van der Waals surface area contributed by atoms with Crippen LogP contribution in [0.1, 0.15) is 0 Å². The monoisotopic (exact) mass is 550 g/mol. The highest BCUT2D eigenvalue weighted by atomic mass is 16.5. The smallest absolute Gasteiger partial charge is 0.152 e. The molecule has 39 heavy (non-hydrogen) atoms. The molecule has 222 valence electrons. The predicted octanol–water partition coefficient (Wildman–Crippen LogP) is -1.46. The molecule has 1 aromatic rings. The fraction of sp³-hybridized carbons (Fsp3) is 0.815. The summed E-state index contributed by atoms with van der Waals surface area (Å²) >= 11 is 0. The predicted molar refractivity (Wildman–Crippen MR) is 155 cm³/mol. The van der Waals surface area contributed by atoms with E-state index in [1.807, 2.05) is 6.07 Å². The molecule has 2 saturated heterocycles. The maximum atomic E-state index is 9.09. The van der Waals surface area contributed by atoms with Crippen LogP contribution in [0, 0.1) is 0 Å². The molecule has 0 saturated carbocycles. The molecule has 12 nitrogen and oxygen atoms in total. The first kappa shape index (κ1) is 30.2. The van der Waals surface area contributed by atoms with Gasteiger partial charge in [0.25, 0.3) is 0 Å². The van der Waals surface area contributed by atoms with Gasteiger partial charge in [0, 0.05) is 105 Å². The van der Waals surface area contributed by atoms with Gasteiger partial charge < -0.3 is 35.2 Å². The van der Waals surface area contributed by atoms with Crippen LogP contribution in [-0.2, 0) is 9.47 Å². The average Bonchev–Trinajstić information content (AvgIpc) is 2.95. The lowest BCUT2D eigenvalue weighted by Crippen LogP contribution is -2.48. The molecule has 0 amide bonds. The van der Waals surface area contributed by atoms with Crippen molar-refractivity contribution in [2.75, 3.05) is 160 Å². The highest BCUT2D eigenvalue weighted by Crippen LogP contribution is 2.32. The van der Waals surface area contributed by atoms with Crippen LogP contribution in [0.15, 0.2) is 12.3 Å². The fourth-order valence-corrected chi connectivity index (χ4v) is 5.55. The number of rotatable bonds is 16. The Labute approximate surface area is 233 Å². The van der Waals surface area contributed by atoms with Crippen molar-refractivity contribution in [1.82, 2.24) is 24.6 Å². The molecule has 0 bridgehead atoms. The summed E-state index contributed by atoms with van der Waals surface area (Å²) in [6.07, 6.45) is 1.74. The first-order chi connectivity index (χ1) is 19.2. The number of ether oxygens (including phenoxy) is 2. The topological polar surface area (TPSA) is 117 Å². The summed E-state index contributed by atoms with van der Waals surface area (Å²) in [6, 6.07) is 2.03. The van der Waals surface area contributed by atoms with Crippen molar-refractivity contribution >= 4 is 17.2 Å². The van der Waals surface area contributed by atoms with E-state index in [0.29, 0.717) is 18.9 Å². The van der Waals surface area contributed by atoms with E-state index in [2.05, 4.69) is 34.4 Å². The number of aliphatic hydroxyl groups is 2. The number of anilines is 3. The van der Waals surface area contributed by atoms with Crippen molar-refractivity contribution in [2.45, 2.75) is 0 Å². The molecule has 2 fully saturated rings. The number of β-amino-alcohol motifs (C(OH)–C–C–N with tert-alkyl or cyclic N) is 2. The highest BCUT2D eigenvalue weighted by molar-refractivity contribution is 5.72. The summed E-state index contributed by atoms with van der Waals surface area (Å²) in [7, 11) is 0. The van der Waals surface area contributed by atoms with E-state index >= 15 is 0 Å². The van der Waals surface area contributed by atoms with Gasteiger partial charge in [0.15, 0.2) is 5.82 Å². The number of nitrogen functional groups attached to an aromatic ring is 1. The van der Waals surface area contributed by atoms with Crippen LogP contribution >= 0.6 is 0 Å². The minimum absolute atomic E-state index is 0.237. The molecule has 0 radical (unpaired) electrons. The Kier molecular flexibility index (Phi) is 12.8. The van der Waals surface area contributed by atoms with Gasteiger partial charge in [-0.05, 0) is 6.07 Å². The van der Waals surface area contributed by atoms with Crippen molar-refractivity contribution < 1.29 is 19.7 Å². The first-order valence-electron chi connectivity index (χ1n) is 14.7. The molecule has 4 rings (SSSR count). The van der Waals surface area contributed by atoms with Gasteiger partial charge in [-0.1, -0.05) is 0 Å². The second-order valence-corrected chi connectivity index (χ2v) is 10.6. The molecular formula is C27H50N8O4. The SMILES string of the molecule is Nc1cnc2c(c1)N(CCOCCN1CCN(CCO)CC1)CCN2CCOCCN1CCN(CCO)CC1. The number of hydrogen-bond donors (Lipinski definition) is 3. The van der Waals surface area contributed by atoms with Crippen LogP contribution in [0.4, 0.5) is 17.2 Å². The Morgan fingerprint density at radius 3 is 1.56 bits per heavy atom. The lowest BCUT2D eigenvalue weighted by Gasteiger charge is -2.38. The van der Waals surface area contributed by atoms with E-state index < -0.39 is 0 Å². The average molecular weight is 551 g/mol. The Hall–Kier alpha value is -1.77. The molecule has 0 aromatic carbocycles. The molecule has 3 aliphatic heterocycles. The number of nitrogens with zero attached hydrogens (tertiary/aromatic N) is 7. The lowest BCUT2D eigenvalue weighted by molar-refractivity contribution is 0.0715. The molecule has 12 heteroatoms. The van der Waals surface area contributed by atoms with Crippen molar-refractivity contribution in [3.63, 3.8) is 0 Å². The standard InChI is InChI=1S/C27H50N8O4/c28-25-23-26-27(29-24-25)35(16-22-39-20-14-33-7-3-31(4-8-33)12-18-37)10-9-34(26)15-21-38-19-13-32-5-1-30(2-6-32)11-17-36/h23-24,36-37H,1-22,28H2. The van der Waals surface area contributed by atoms with E-state index in [-0.39, 0.29) is 13.2 Å².